The van der Waals surface area contributed by atoms with Crippen molar-refractivity contribution in [3.8, 4) is 5.75 Å². The number of benzene rings is 1. The first-order valence-corrected chi connectivity index (χ1v) is 6.67. The summed E-state index contributed by atoms with van der Waals surface area (Å²) < 4.78 is 6.90. The maximum atomic E-state index is 12.4. The van der Waals surface area contributed by atoms with E-state index in [2.05, 4.69) is 5.10 Å². The number of Topliss-reactive ketones (excluding diaryl/α,β-unsaturated/α-hetero) is 1. The van der Waals surface area contributed by atoms with Crippen LogP contribution >= 0.6 is 11.6 Å². The van der Waals surface area contributed by atoms with Crippen LogP contribution in [0.1, 0.15) is 27.3 Å². The number of rotatable bonds is 4. The second-order valence-corrected chi connectivity index (χ2v) is 5.13. The largest absolute Gasteiger partial charge is 0.496 e. The van der Waals surface area contributed by atoms with Crippen molar-refractivity contribution in [2.24, 2.45) is 7.05 Å². The van der Waals surface area contributed by atoms with Crippen molar-refractivity contribution in [1.29, 1.82) is 0 Å². The summed E-state index contributed by atoms with van der Waals surface area (Å²) in [4.78, 5) is 12.4. The van der Waals surface area contributed by atoms with Gasteiger partial charge in [0, 0.05) is 12.6 Å². The molecule has 2 rings (SSSR count). The van der Waals surface area contributed by atoms with E-state index in [1.165, 1.54) is 0 Å². The normalized spacial score (nSPS) is 10.7. The maximum Gasteiger partial charge on any atom is 0.168 e. The number of carbonyl (C=O) groups is 1. The van der Waals surface area contributed by atoms with Gasteiger partial charge in [-0.2, -0.15) is 5.10 Å². The van der Waals surface area contributed by atoms with Crippen LogP contribution in [0.15, 0.2) is 18.2 Å². The van der Waals surface area contributed by atoms with Crippen LogP contribution in [0, 0.1) is 13.8 Å². The molecule has 2 aromatic rings. The van der Waals surface area contributed by atoms with E-state index in [1.54, 1.807) is 31.0 Å². The number of hydrogen-bond donors (Lipinski definition) is 0. The van der Waals surface area contributed by atoms with Crippen LogP contribution in [0.3, 0.4) is 0 Å². The summed E-state index contributed by atoms with van der Waals surface area (Å²) in [5.74, 6) is 0.705. The van der Waals surface area contributed by atoms with E-state index in [0.717, 1.165) is 17.0 Å². The highest BCUT2D eigenvalue weighted by Gasteiger charge is 2.16. The van der Waals surface area contributed by atoms with Crippen molar-refractivity contribution in [3.63, 3.8) is 0 Å². The van der Waals surface area contributed by atoms with Gasteiger partial charge < -0.3 is 4.74 Å². The van der Waals surface area contributed by atoms with Crippen molar-refractivity contribution in [3.05, 3.63) is 45.7 Å². The molecule has 0 spiro atoms. The zero-order chi connectivity index (χ0) is 14.9. The SMILES string of the molecule is COc1cc(C(=O)Cc2c(Cl)c(C)nn2C)ccc1C. The van der Waals surface area contributed by atoms with Crippen molar-refractivity contribution >= 4 is 17.4 Å². The summed E-state index contributed by atoms with van der Waals surface area (Å²) in [6, 6.07) is 5.44. The molecule has 0 radical (unpaired) electrons. The molecule has 0 N–H and O–H groups in total. The molecule has 20 heavy (non-hydrogen) atoms. The van der Waals surface area contributed by atoms with Crippen molar-refractivity contribution in [2.45, 2.75) is 20.3 Å². The van der Waals surface area contributed by atoms with Crippen LogP contribution < -0.4 is 4.74 Å². The molecule has 106 valence electrons. The first-order chi connectivity index (χ1) is 9.43. The Labute approximate surface area is 123 Å². The number of nitrogens with zero attached hydrogens (tertiary/aromatic N) is 2. The lowest BCUT2D eigenvalue weighted by molar-refractivity contribution is 0.0990. The smallest absolute Gasteiger partial charge is 0.168 e. The van der Waals surface area contributed by atoms with Crippen molar-refractivity contribution in [2.75, 3.05) is 7.11 Å². The van der Waals surface area contributed by atoms with E-state index in [4.69, 9.17) is 16.3 Å². The van der Waals surface area contributed by atoms with Crippen LogP contribution in [-0.2, 0) is 13.5 Å². The molecular weight excluding hydrogens is 276 g/mol. The van der Waals surface area contributed by atoms with Gasteiger partial charge in [-0.1, -0.05) is 23.7 Å². The van der Waals surface area contributed by atoms with E-state index >= 15 is 0 Å². The van der Waals surface area contributed by atoms with Crippen molar-refractivity contribution in [1.82, 2.24) is 9.78 Å². The molecule has 0 amide bonds. The molecule has 0 bridgehead atoms. The zero-order valence-corrected chi connectivity index (χ0v) is 12.8. The first kappa shape index (κ1) is 14.6. The minimum Gasteiger partial charge on any atom is -0.496 e. The predicted molar refractivity (Wildman–Crippen MR) is 78.7 cm³/mol. The average molecular weight is 293 g/mol. The lowest BCUT2D eigenvalue weighted by Crippen LogP contribution is -2.08. The Morgan fingerprint density at radius 3 is 2.65 bits per heavy atom. The molecule has 1 aromatic heterocycles. The highest BCUT2D eigenvalue weighted by molar-refractivity contribution is 6.32. The highest BCUT2D eigenvalue weighted by Crippen LogP contribution is 2.23. The molecule has 1 aromatic carbocycles. The van der Waals surface area contributed by atoms with E-state index in [-0.39, 0.29) is 12.2 Å². The zero-order valence-electron chi connectivity index (χ0n) is 12.0. The summed E-state index contributed by atoms with van der Waals surface area (Å²) in [5.41, 5.74) is 3.08. The Balaban J connectivity index is 2.28. The van der Waals surface area contributed by atoms with Crippen LogP contribution in [-0.4, -0.2) is 22.7 Å². The molecule has 0 atom stereocenters. The molecule has 0 unspecified atom stereocenters. The van der Waals surface area contributed by atoms with E-state index < -0.39 is 0 Å². The van der Waals surface area contributed by atoms with Gasteiger partial charge in [-0.3, -0.25) is 9.48 Å². The third-order valence-electron chi connectivity index (χ3n) is 3.32. The van der Waals surface area contributed by atoms with Gasteiger partial charge in [-0.25, -0.2) is 0 Å². The second kappa shape index (κ2) is 5.67. The topological polar surface area (TPSA) is 44.1 Å². The lowest BCUT2D eigenvalue weighted by Gasteiger charge is -2.07. The van der Waals surface area contributed by atoms with Crippen molar-refractivity contribution < 1.29 is 9.53 Å². The number of hydrogen-bond acceptors (Lipinski definition) is 3. The summed E-state index contributed by atoms with van der Waals surface area (Å²) in [5, 5.41) is 4.77. The second-order valence-electron chi connectivity index (χ2n) is 4.75. The Morgan fingerprint density at radius 2 is 2.10 bits per heavy atom. The Kier molecular flexibility index (Phi) is 4.14. The number of halogens is 1. The Morgan fingerprint density at radius 1 is 1.40 bits per heavy atom. The van der Waals surface area contributed by atoms with Crippen LogP contribution in [0.5, 0.6) is 5.75 Å². The van der Waals surface area contributed by atoms with Gasteiger partial charge in [-0.15, -0.1) is 0 Å². The molecule has 0 aliphatic heterocycles. The number of aryl methyl sites for hydroxylation is 3. The first-order valence-electron chi connectivity index (χ1n) is 6.30. The van der Waals surface area contributed by atoms with E-state index in [9.17, 15) is 4.79 Å². The van der Waals surface area contributed by atoms with Gasteiger partial charge in [0.25, 0.3) is 0 Å². The molecule has 0 fully saturated rings. The lowest BCUT2D eigenvalue weighted by atomic mass is 10.0. The third-order valence-corrected chi connectivity index (χ3v) is 3.81. The summed E-state index contributed by atoms with van der Waals surface area (Å²) in [7, 11) is 3.38. The van der Waals surface area contributed by atoms with E-state index in [0.29, 0.717) is 16.3 Å². The van der Waals surface area contributed by atoms with E-state index in [1.807, 2.05) is 19.9 Å². The number of ether oxygens (including phenoxy) is 1. The fourth-order valence-corrected chi connectivity index (χ4v) is 2.35. The number of methoxy groups -OCH3 is 1. The highest BCUT2D eigenvalue weighted by atomic mass is 35.5. The molecule has 5 heteroatoms. The maximum absolute atomic E-state index is 12.4. The predicted octanol–water partition coefficient (Wildman–Crippen LogP) is 3.12. The molecule has 0 aliphatic carbocycles. The number of carbonyl (C=O) groups excluding carboxylic acids is 1. The minimum absolute atomic E-state index is 0.00630. The molecule has 0 aliphatic rings. The monoisotopic (exact) mass is 292 g/mol. The van der Waals surface area contributed by atoms with Gasteiger partial charge in [0.05, 0.1) is 29.9 Å². The minimum atomic E-state index is -0.00630. The van der Waals surface area contributed by atoms with Gasteiger partial charge in [-0.05, 0) is 25.5 Å². The number of ketones is 1. The average Bonchev–Trinajstić information content (AvgIpc) is 2.66. The molecule has 4 nitrogen and oxygen atoms in total. The molecular formula is C15H17ClN2O2. The van der Waals surface area contributed by atoms with Crippen LogP contribution in [0.2, 0.25) is 5.02 Å². The van der Waals surface area contributed by atoms with Gasteiger partial charge >= 0.3 is 0 Å². The molecule has 1 heterocycles. The fourth-order valence-electron chi connectivity index (χ4n) is 2.12. The third kappa shape index (κ3) is 2.70. The van der Waals surface area contributed by atoms with Crippen LogP contribution in [0.4, 0.5) is 0 Å². The quantitative estimate of drug-likeness (QED) is 0.813. The summed E-state index contributed by atoms with van der Waals surface area (Å²) in [6.07, 6.45) is 0.225. The van der Waals surface area contributed by atoms with Gasteiger partial charge in [0.2, 0.25) is 0 Å². The van der Waals surface area contributed by atoms with Gasteiger partial charge in [0.15, 0.2) is 5.78 Å². The Bertz CT molecular complexity index is 662. The fraction of sp³-hybridized carbons (Fsp3) is 0.333. The molecule has 0 saturated carbocycles. The number of aromatic nitrogens is 2. The summed E-state index contributed by atoms with van der Waals surface area (Å²) in [6.45, 7) is 3.76. The Hall–Kier alpha value is -1.81. The van der Waals surface area contributed by atoms with Crippen LogP contribution in [0.25, 0.3) is 0 Å². The van der Waals surface area contributed by atoms with Gasteiger partial charge in [0.1, 0.15) is 5.75 Å². The molecule has 0 saturated heterocycles. The standard InChI is InChI=1S/C15H17ClN2O2/c1-9-5-6-11(7-14(9)20-4)13(19)8-12-15(16)10(2)17-18(12)3/h5-7H,8H2,1-4H3. The summed E-state index contributed by atoms with van der Waals surface area (Å²) >= 11 is 6.17.